The van der Waals surface area contributed by atoms with E-state index in [0.717, 1.165) is 31.6 Å². The highest BCUT2D eigenvalue weighted by molar-refractivity contribution is 5.93. The van der Waals surface area contributed by atoms with Gasteiger partial charge in [-0.3, -0.25) is 9.59 Å². The molecule has 132 valence electrons. The summed E-state index contributed by atoms with van der Waals surface area (Å²) in [5.41, 5.74) is 1.42. The first-order valence-electron chi connectivity index (χ1n) is 8.55. The summed E-state index contributed by atoms with van der Waals surface area (Å²) in [5, 5.41) is 8.90. The Labute approximate surface area is 143 Å². The summed E-state index contributed by atoms with van der Waals surface area (Å²) in [4.78, 5) is 23.6. The Morgan fingerprint density at radius 1 is 1.08 bits per heavy atom. The van der Waals surface area contributed by atoms with Crippen LogP contribution in [0.4, 0.5) is 11.4 Å². The molecule has 24 heavy (non-hydrogen) atoms. The van der Waals surface area contributed by atoms with Crippen LogP contribution < -0.4 is 16.0 Å². The Kier molecular flexibility index (Phi) is 7.21. The minimum atomic E-state index is -0.162. The first-order valence-corrected chi connectivity index (χ1v) is 8.55. The summed E-state index contributed by atoms with van der Waals surface area (Å²) in [6.07, 6.45) is 2.54. The van der Waals surface area contributed by atoms with Gasteiger partial charge in [0.15, 0.2) is 0 Å². The van der Waals surface area contributed by atoms with E-state index in [4.69, 9.17) is 4.74 Å². The lowest BCUT2D eigenvalue weighted by Crippen LogP contribution is -2.34. The Balaban J connectivity index is 1.74. The van der Waals surface area contributed by atoms with Gasteiger partial charge in [0.25, 0.3) is 0 Å². The van der Waals surface area contributed by atoms with Gasteiger partial charge < -0.3 is 20.7 Å². The Bertz CT molecular complexity index is 537. The SMILES string of the molecule is CC(C)CC(=O)Nc1ccc(NC(=O)COC2CCNCC2)cc1. The average Bonchev–Trinajstić information content (AvgIpc) is 2.55. The van der Waals surface area contributed by atoms with Crippen LogP contribution in [0, 0.1) is 5.92 Å². The molecular formula is C18H27N3O3. The van der Waals surface area contributed by atoms with Crippen molar-refractivity contribution in [3.63, 3.8) is 0 Å². The summed E-state index contributed by atoms with van der Waals surface area (Å²) in [6.45, 7) is 5.96. The molecule has 0 bridgehead atoms. The summed E-state index contributed by atoms with van der Waals surface area (Å²) in [7, 11) is 0. The molecule has 1 aliphatic rings. The first-order chi connectivity index (χ1) is 11.5. The van der Waals surface area contributed by atoms with Crippen molar-refractivity contribution < 1.29 is 14.3 Å². The number of rotatable bonds is 7. The molecule has 0 radical (unpaired) electrons. The Hall–Kier alpha value is -1.92. The number of carbonyl (C=O) groups excluding carboxylic acids is 2. The molecule has 6 heteroatoms. The van der Waals surface area contributed by atoms with Crippen LogP contribution in [-0.4, -0.2) is 37.6 Å². The van der Waals surface area contributed by atoms with Gasteiger partial charge in [-0.15, -0.1) is 0 Å². The van der Waals surface area contributed by atoms with E-state index in [2.05, 4.69) is 16.0 Å². The van der Waals surface area contributed by atoms with Crippen molar-refractivity contribution in [2.75, 3.05) is 30.3 Å². The highest BCUT2D eigenvalue weighted by Gasteiger charge is 2.14. The van der Waals surface area contributed by atoms with Gasteiger partial charge in [0.05, 0.1) is 6.10 Å². The number of piperidine rings is 1. The number of nitrogens with one attached hydrogen (secondary N) is 3. The highest BCUT2D eigenvalue weighted by atomic mass is 16.5. The molecule has 0 atom stereocenters. The zero-order valence-electron chi connectivity index (χ0n) is 14.4. The standard InChI is InChI=1S/C18H27N3O3/c1-13(2)11-17(22)20-14-3-5-15(6-4-14)21-18(23)12-24-16-7-9-19-10-8-16/h3-6,13,16,19H,7-12H2,1-2H3,(H,20,22)(H,21,23). The normalized spacial score (nSPS) is 15.3. The second kappa shape index (κ2) is 9.39. The Morgan fingerprint density at radius 2 is 1.62 bits per heavy atom. The largest absolute Gasteiger partial charge is 0.368 e. The van der Waals surface area contributed by atoms with Gasteiger partial charge >= 0.3 is 0 Å². The van der Waals surface area contributed by atoms with Gasteiger partial charge in [-0.2, -0.15) is 0 Å². The van der Waals surface area contributed by atoms with Crippen molar-refractivity contribution in [1.82, 2.24) is 5.32 Å². The van der Waals surface area contributed by atoms with Crippen molar-refractivity contribution in [1.29, 1.82) is 0 Å². The number of benzene rings is 1. The van der Waals surface area contributed by atoms with Gasteiger partial charge in [0, 0.05) is 17.8 Å². The molecule has 2 rings (SSSR count). The molecule has 1 heterocycles. The smallest absolute Gasteiger partial charge is 0.250 e. The van der Waals surface area contributed by atoms with Crippen LogP contribution in [0.25, 0.3) is 0 Å². The quantitative estimate of drug-likeness (QED) is 0.716. The van der Waals surface area contributed by atoms with E-state index in [-0.39, 0.29) is 24.5 Å². The average molecular weight is 333 g/mol. The van der Waals surface area contributed by atoms with Crippen LogP contribution in [0.1, 0.15) is 33.1 Å². The number of hydrogen-bond donors (Lipinski definition) is 3. The van der Waals surface area contributed by atoms with Crippen molar-refractivity contribution in [3.8, 4) is 0 Å². The van der Waals surface area contributed by atoms with Crippen LogP contribution in [0.2, 0.25) is 0 Å². The number of hydrogen-bond acceptors (Lipinski definition) is 4. The predicted octanol–water partition coefficient (Wildman–Crippen LogP) is 2.38. The topological polar surface area (TPSA) is 79.5 Å². The second-order valence-corrected chi connectivity index (χ2v) is 6.53. The maximum Gasteiger partial charge on any atom is 0.250 e. The minimum absolute atomic E-state index is 0.00263. The monoisotopic (exact) mass is 333 g/mol. The van der Waals surface area contributed by atoms with Crippen LogP contribution in [0.5, 0.6) is 0 Å². The third-order valence-corrected chi connectivity index (χ3v) is 3.78. The fourth-order valence-corrected chi connectivity index (χ4v) is 2.57. The maximum atomic E-state index is 11.9. The van der Waals surface area contributed by atoms with Gasteiger partial charge in [0.2, 0.25) is 11.8 Å². The molecule has 6 nitrogen and oxygen atoms in total. The van der Waals surface area contributed by atoms with Crippen LogP contribution in [0.15, 0.2) is 24.3 Å². The van der Waals surface area contributed by atoms with Crippen LogP contribution >= 0.6 is 0 Å². The molecule has 1 fully saturated rings. The van der Waals surface area contributed by atoms with E-state index in [1.165, 1.54) is 0 Å². The zero-order valence-corrected chi connectivity index (χ0v) is 14.4. The lowest BCUT2D eigenvalue weighted by Gasteiger charge is -2.22. The van der Waals surface area contributed by atoms with E-state index in [1.54, 1.807) is 24.3 Å². The molecule has 0 aliphatic carbocycles. The molecule has 1 saturated heterocycles. The van der Waals surface area contributed by atoms with Crippen LogP contribution in [0.3, 0.4) is 0 Å². The van der Waals surface area contributed by atoms with E-state index in [9.17, 15) is 9.59 Å². The lowest BCUT2D eigenvalue weighted by atomic mass is 10.1. The van der Waals surface area contributed by atoms with Gasteiger partial charge in [0.1, 0.15) is 6.61 Å². The number of ether oxygens (including phenoxy) is 1. The molecule has 0 spiro atoms. The summed E-state index contributed by atoms with van der Waals surface area (Å²) in [6, 6.07) is 7.10. The number of carbonyl (C=O) groups is 2. The fraction of sp³-hybridized carbons (Fsp3) is 0.556. The molecule has 0 unspecified atom stereocenters. The Morgan fingerprint density at radius 3 is 2.17 bits per heavy atom. The predicted molar refractivity (Wildman–Crippen MR) is 95.0 cm³/mol. The van der Waals surface area contributed by atoms with E-state index >= 15 is 0 Å². The van der Waals surface area contributed by atoms with E-state index in [1.807, 2.05) is 13.8 Å². The second-order valence-electron chi connectivity index (χ2n) is 6.53. The van der Waals surface area contributed by atoms with Gasteiger partial charge in [-0.1, -0.05) is 13.8 Å². The molecule has 0 saturated carbocycles. The first kappa shape index (κ1) is 18.4. The van der Waals surface area contributed by atoms with Crippen LogP contribution in [-0.2, 0) is 14.3 Å². The van der Waals surface area contributed by atoms with Gasteiger partial charge in [-0.25, -0.2) is 0 Å². The van der Waals surface area contributed by atoms with Crippen molar-refractivity contribution in [2.24, 2.45) is 5.92 Å². The molecule has 0 aromatic heterocycles. The third kappa shape index (κ3) is 6.68. The minimum Gasteiger partial charge on any atom is -0.368 e. The summed E-state index contributed by atoms with van der Waals surface area (Å²) >= 11 is 0. The summed E-state index contributed by atoms with van der Waals surface area (Å²) < 4.78 is 5.62. The third-order valence-electron chi connectivity index (χ3n) is 3.78. The molecule has 1 aromatic carbocycles. The molecular weight excluding hydrogens is 306 g/mol. The van der Waals surface area contributed by atoms with E-state index < -0.39 is 0 Å². The number of anilines is 2. The van der Waals surface area contributed by atoms with Crippen molar-refractivity contribution >= 4 is 23.2 Å². The zero-order chi connectivity index (χ0) is 17.4. The van der Waals surface area contributed by atoms with Crippen molar-refractivity contribution in [2.45, 2.75) is 39.2 Å². The van der Waals surface area contributed by atoms with Crippen molar-refractivity contribution in [3.05, 3.63) is 24.3 Å². The molecule has 1 aromatic rings. The van der Waals surface area contributed by atoms with E-state index in [0.29, 0.717) is 18.0 Å². The maximum absolute atomic E-state index is 11.9. The number of amides is 2. The summed E-state index contributed by atoms with van der Waals surface area (Å²) in [5.74, 6) is 0.158. The molecule has 2 amide bonds. The fourth-order valence-electron chi connectivity index (χ4n) is 2.57. The molecule has 3 N–H and O–H groups in total. The van der Waals surface area contributed by atoms with Gasteiger partial charge in [-0.05, 0) is 56.1 Å². The molecule has 1 aliphatic heterocycles. The highest BCUT2D eigenvalue weighted by Crippen LogP contribution is 2.15. The lowest BCUT2D eigenvalue weighted by molar-refractivity contribution is -0.123.